The van der Waals surface area contributed by atoms with Gasteiger partial charge < -0.3 is 14.4 Å². The third-order valence-electron chi connectivity index (χ3n) is 4.56. The number of ether oxygens (including phenoxy) is 2. The molecular formula is C24H27N3O2S. The molecule has 0 aliphatic carbocycles. The van der Waals surface area contributed by atoms with Crippen LogP contribution in [-0.2, 0) is 0 Å². The Balaban J connectivity index is 1.74. The molecule has 5 nitrogen and oxygen atoms in total. The number of aromatic nitrogens is 1. The van der Waals surface area contributed by atoms with Gasteiger partial charge in [0.05, 0.1) is 16.6 Å². The van der Waals surface area contributed by atoms with Crippen molar-refractivity contribution in [3.63, 3.8) is 0 Å². The van der Waals surface area contributed by atoms with Gasteiger partial charge in [-0.1, -0.05) is 13.3 Å². The van der Waals surface area contributed by atoms with Crippen LogP contribution in [0.5, 0.6) is 11.5 Å². The van der Waals surface area contributed by atoms with Gasteiger partial charge in [0.15, 0.2) is 0 Å². The summed E-state index contributed by atoms with van der Waals surface area (Å²) in [7, 11) is 4.07. The van der Waals surface area contributed by atoms with Crippen LogP contribution in [-0.4, -0.2) is 25.4 Å². The van der Waals surface area contributed by atoms with Crippen LogP contribution >= 0.6 is 11.3 Å². The van der Waals surface area contributed by atoms with Gasteiger partial charge >= 0.3 is 0 Å². The van der Waals surface area contributed by atoms with Crippen LogP contribution in [0.25, 0.3) is 11.3 Å². The molecule has 0 amide bonds. The second-order valence-corrected chi connectivity index (χ2v) is 8.43. The zero-order valence-electron chi connectivity index (χ0n) is 17.9. The quantitative estimate of drug-likeness (QED) is 0.395. The number of nitrogens with zero attached hydrogens (tertiary/aromatic N) is 3. The number of unbranched alkanes of at least 4 members (excludes halogenated alkanes) is 1. The molecule has 3 rings (SSSR count). The van der Waals surface area contributed by atoms with Crippen molar-refractivity contribution in [2.24, 2.45) is 0 Å². The van der Waals surface area contributed by atoms with E-state index in [2.05, 4.69) is 17.9 Å². The molecule has 3 aromatic rings. The number of benzene rings is 2. The molecule has 156 valence electrons. The zero-order chi connectivity index (χ0) is 21.5. The fourth-order valence-electron chi connectivity index (χ4n) is 3.02. The summed E-state index contributed by atoms with van der Waals surface area (Å²) < 4.78 is 12.2. The molecule has 0 saturated carbocycles. The Morgan fingerprint density at radius 2 is 1.63 bits per heavy atom. The van der Waals surface area contributed by atoms with Crippen LogP contribution in [0, 0.1) is 18.3 Å². The van der Waals surface area contributed by atoms with E-state index >= 15 is 0 Å². The van der Waals surface area contributed by atoms with Crippen molar-refractivity contribution in [3.05, 3.63) is 59.1 Å². The predicted molar refractivity (Wildman–Crippen MR) is 122 cm³/mol. The van der Waals surface area contributed by atoms with Gasteiger partial charge in [-0.25, -0.2) is 4.98 Å². The van der Waals surface area contributed by atoms with E-state index in [0.29, 0.717) is 11.3 Å². The highest BCUT2D eigenvalue weighted by Crippen LogP contribution is 2.35. The maximum Gasteiger partial charge on any atom is 0.241 e. The third-order valence-corrected chi connectivity index (χ3v) is 5.70. The second-order valence-electron chi connectivity index (χ2n) is 7.25. The lowest BCUT2D eigenvalue weighted by atomic mass is 10.1. The summed E-state index contributed by atoms with van der Waals surface area (Å²) in [6.07, 6.45) is 2.46. The van der Waals surface area contributed by atoms with Gasteiger partial charge in [-0.05, 0) is 61.9 Å². The Kier molecular flexibility index (Phi) is 7.31. The van der Waals surface area contributed by atoms with Gasteiger partial charge in [0, 0.05) is 26.1 Å². The van der Waals surface area contributed by atoms with Crippen LogP contribution in [0.4, 0.5) is 5.00 Å². The minimum atomic E-state index is -0.386. The highest BCUT2D eigenvalue weighted by atomic mass is 32.1. The molecule has 0 fully saturated rings. The van der Waals surface area contributed by atoms with Crippen LogP contribution in [0.15, 0.2) is 48.5 Å². The summed E-state index contributed by atoms with van der Waals surface area (Å²) >= 11 is 1.69. The Morgan fingerprint density at radius 3 is 2.17 bits per heavy atom. The molecule has 0 saturated heterocycles. The van der Waals surface area contributed by atoms with Gasteiger partial charge in [0.1, 0.15) is 22.2 Å². The Morgan fingerprint density at radius 1 is 1.03 bits per heavy atom. The highest BCUT2D eigenvalue weighted by Gasteiger charge is 2.15. The molecular weight excluding hydrogens is 394 g/mol. The number of anilines is 1. The number of thiazole rings is 1. The molecule has 0 spiro atoms. The molecule has 1 aromatic heterocycles. The number of rotatable bonds is 9. The van der Waals surface area contributed by atoms with Crippen molar-refractivity contribution in [3.8, 4) is 28.8 Å². The van der Waals surface area contributed by atoms with E-state index in [1.807, 2.05) is 45.3 Å². The highest BCUT2D eigenvalue weighted by molar-refractivity contribution is 7.16. The van der Waals surface area contributed by atoms with Crippen molar-refractivity contribution < 1.29 is 9.47 Å². The molecule has 0 bridgehead atoms. The van der Waals surface area contributed by atoms with E-state index in [-0.39, 0.29) is 6.29 Å². The number of nitriles is 1. The number of aryl methyl sites for hydroxylation is 1. The predicted octanol–water partition coefficient (Wildman–Crippen LogP) is 6.03. The summed E-state index contributed by atoms with van der Waals surface area (Å²) in [6, 6.07) is 17.2. The van der Waals surface area contributed by atoms with E-state index < -0.39 is 0 Å². The van der Waals surface area contributed by atoms with E-state index in [1.54, 1.807) is 35.6 Å². The Bertz CT molecular complexity index is 989. The van der Waals surface area contributed by atoms with Gasteiger partial charge in [-0.2, -0.15) is 5.26 Å². The zero-order valence-corrected chi connectivity index (χ0v) is 18.7. The third kappa shape index (κ3) is 5.52. The summed E-state index contributed by atoms with van der Waals surface area (Å²) in [5.41, 5.74) is 2.66. The molecule has 1 heterocycles. The molecule has 0 aliphatic heterocycles. The summed E-state index contributed by atoms with van der Waals surface area (Å²) in [6.45, 7) is 4.17. The van der Waals surface area contributed by atoms with E-state index in [0.717, 1.165) is 46.3 Å². The first-order chi connectivity index (χ1) is 14.5. The van der Waals surface area contributed by atoms with Gasteiger partial charge in [-0.3, -0.25) is 0 Å². The first-order valence-electron chi connectivity index (χ1n) is 10.1. The average molecular weight is 422 g/mol. The Labute approximate surface area is 182 Å². The number of hydrogen-bond donors (Lipinski definition) is 0. The monoisotopic (exact) mass is 421 g/mol. The summed E-state index contributed by atoms with van der Waals surface area (Å²) in [5, 5.41) is 11.1. The summed E-state index contributed by atoms with van der Waals surface area (Å²) in [5.74, 6) is 1.45. The normalized spacial score (nSPS) is 11.6. The van der Waals surface area contributed by atoms with E-state index in [4.69, 9.17) is 19.7 Å². The second kappa shape index (κ2) is 10.1. The first-order valence-corrected chi connectivity index (χ1v) is 10.9. The first kappa shape index (κ1) is 21.7. The standard InChI is InChI=1S/C24H27N3O2S/c1-5-6-7-22(28-20-12-8-18(16-25)9-13-20)29-21-14-10-19(11-15-21)23-24(27(3)4)30-17(2)26-23/h8-15,22H,5-7H2,1-4H3. The van der Waals surface area contributed by atoms with E-state index in [9.17, 15) is 0 Å². The van der Waals surface area contributed by atoms with Crippen LogP contribution in [0.2, 0.25) is 0 Å². The molecule has 1 unspecified atom stereocenters. The average Bonchev–Trinajstić information content (AvgIpc) is 3.15. The molecule has 0 radical (unpaired) electrons. The van der Waals surface area contributed by atoms with Gasteiger partial charge in [0.2, 0.25) is 6.29 Å². The molecule has 0 N–H and O–H groups in total. The molecule has 6 heteroatoms. The van der Waals surface area contributed by atoms with Gasteiger partial charge in [-0.15, -0.1) is 11.3 Å². The SMILES string of the molecule is CCCCC(Oc1ccc(C#N)cc1)Oc1ccc(-c2nc(C)sc2N(C)C)cc1. The molecule has 30 heavy (non-hydrogen) atoms. The smallest absolute Gasteiger partial charge is 0.241 e. The minimum absolute atomic E-state index is 0.386. The fourth-order valence-corrected chi connectivity index (χ4v) is 3.88. The van der Waals surface area contributed by atoms with Crippen molar-refractivity contribution in [1.29, 1.82) is 5.26 Å². The van der Waals surface area contributed by atoms with Gasteiger partial charge in [0.25, 0.3) is 0 Å². The largest absolute Gasteiger partial charge is 0.455 e. The molecule has 2 aromatic carbocycles. The van der Waals surface area contributed by atoms with Crippen molar-refractivity contribution in [1.82, 2.24) is 4.98 Å². The number of hydrogen-bond acceptors (Lipinski definition) is 6. The summed E-state index contributed by atoms with van der Waals surface area (Å²) in [4.78, 5) is 6.79. The minimum Gasteiger partial charge on any atom is -0.455 e. The lowest BCUT2D eigenvalue weighted by Gasteiger charge is -2.21. The Hall–Kier alpha value is -3.04. The topological polar surface area (TPSA) is 58.4 Å². The lowest BCUT2D eigenvalue weighted by molar-refractivity contribution is -0.00211. The van der Waals surface area contributed by atoms with Crippen LogP contribution in [0.1, 0.15) is 36.8 Å². The van der Waals surface area contributed by atoms with E-state index in [1.165, 1.54) is 0 Å². The van der Waals surface area contributed by atoms with Crippen molar-refractivity contribution in [2.45, 2.75) is 39.4 Å². The lowest BCUT2D eigenvalue weighted by Crippen LogP contribution is -2.23. The molecule has 0 aliphatic rings. The van der Waals surface area contributed by atoms with Crippen molar-refractivity contribution >= 4 is 16.3 Å². The van der Waals surface area contributed by atoms with Crippen molar-refractivity contribution in [2.75, 3.05) is 19.0 Å². The fraction of sp³-hybridized carbons (Fsp3) is 0.333. The molecule has 1 atom stereocenters. The maximum absolute atomic E-state index is 8.95. The van der Waals surface area contributed by atoms with Crippen LogP contribution in [0.3, 0.4) is 0 Å². The van der Waals surface area contributed by atoms with Crippen LogP contribution < -0.4 is 14.4 Å². The maximum atomic E-state index is 8.95.